The molecule has 0 aromatic heterocycles. The first-order valence-corrected chi connectivity index (χ1v) is 10.7. The van der Waals surface area contributed by atoms with E-state index in [0.717, 1.165) is 22.3 Å². The summed E-state index contributed by atoms with van der Waals surface area (Å²) in [5, 5.41) is 32.7. The van der Waals surface area contributed by atoms with Crippen molar-refractivity contribution in [1.82, 2.24) is 5.32 Å². The highest BCUT2D eigenvalue weighted by Crippen LogP contribution is 2.44. The lowest BCUT2D eigenvalue weighted by Crippen LogP contribution is -2.31. The number of aliphatic hydroxyl groups is 3. The third-order valence-electron chi connectivity index (χ3n) is 5.96. The Labute approximate surface area is 187 Å². The number of rotatable bonds is 8. The number of alkyl carbamates (subject to hydrolysis) is 1. The van der Waals surface area contributed by atoms with Crippen LogP contribution in [-0.4, -0.2) is 40.7 Å². The summed E-state index contributed by atoms with van der Waals surface area (Å²) >= 11 is 0. The lowest BCUT2D eigenvalue weighted by Gasteiger charge is -2.20. The van der Waals surface area contributed by atoms with Crippen molar-refractivity contribution in [1.29, 1.82) is 0 Å². The van der Waals surface area contributed by atoms with E-state index in [2.05, 4.69) is 29.6 Å². The Morgan fingerprint density at radius 2 is 1.50 bits per heavy atom. The maximum atomic E-state index is 12.2. The quantitative estimate of drug-likeness (QED) is 0.436. The van der Waals surface area contributed by atoms with Gasteiger partial charge in [-0.1, -0.05) is 72.8 Å². The van der Waals surface area contributed by atoms with E-state index >= 15 is 0 Å². The zero-order valence-corrected chi connectivity index (χ0v) is 17.6. The van der Waals surface area contributed by atoms with Gasteiger partial charge in [-0.05, 0) is 39.8 Å². The van der Waals surface area contributed by atoms with Crippen LogP contribution in [0, 0.1) is 0 Å². The Bertz CT molecular complexity index is 1040. The van der Waals surface area contributed by atoms with Gasteiger partial charge in [0.05, 0.1) is 12.7 Å². The number of ether oxygens (including phenoxy) is 1. The van der Waals surface area contributed by atoms with E-state index in [1.807, 2.05) is 24.3 Å². The Morgan fingerprint density at radius 3 is 2.16 bits per heavy atom. The molecule has 6 nitrogen and oxygen atoms in total. The molecule has 1 aliphatic carbocycles. The number of carbonyl (C=O) groups excluding carboxylic acids is 1. The minimum Gasteiger partial charge on any atom is -0.449 e. The van der Waals surface area contributed by atoms with Crippen LogP contribution in [0.25, 0.3) is 11.1 Å². The highest BCUT2D eigenvalue weighted by atomic mass is 16.5. The molecular formula is C26H27NO5. The van der Waals surface area contributed by atoms with Gasteiger partial charge in [0.2, 0.25) is 0 Å². The van der Waals surface area contributed by atoms with Crippen molar-refractivity contribution in [3.63, 3.8) is 0 Å². The molecule has 4 N–H and O–H groups in total. The molecule has 3 aromatic rings. The van der Waals surface area contributed by atoms with Crippen LogP contribution in [0.1, 0.15) is 40.7 Å². The fourth-order valence-corrected chi connectivity index (χ4v) is 4.30. The largest absolute Gasteiger partial charge is 0.449 e. The normalized spacial score (nSPS) is 14.3. The summed E-state index contributed by atoms with van der Waals surface area (Å²) in [5.74, 6) is -0.0180. The van der Waals surface area contributed by atoms with E-state index in [1.165, 1.54) is 0 Å². The molecule has 0 saturated carbocycles. The van der Waals surface area contributed by atoms with Crippen molar-refractivity contribution in [3.05, 3.63) is 95.1 Å². The molecule has 166 valence electrons. The first kappa shape index (κ1) is 22.0. The number of carbonyl (C=O) groups is 1. The van der Waals surface area contributed by atoms with Crippen molar-refractivity contribution >= 4 is 6.09 Å². The maximum absolute atomic E-state index is 12.2. The van der Waals surface area contributed by atoms with E-state index < -0.39 is 18.3 Å². The first-order chi connectivity index (χ1) is 15.6. The number of hydrogen-bond acceptors (Lipinski definition) is 5. The molecule has 0 heterocycles. The molecule has 3 aromatic carbocycles. The molecule has 0 fully saturated rings. The highest BCUT2D eigenvalue weighted by Gasteiger charge is 2.29. The summed E-state index contributed by atoms with van der Waals surface area (Å²) in [5.41, 5.74) is 5.65. The summed E-state index contributed by atoms with van der Waals surface area (Å²) in [6.07, 6.45) is -2.66. The van der Waals surface area contributed by atoms with Crippen LogP contribution in [0.5, 0.6) is 0 Å². The van der Waals surface area contributed by atoms with Gasteiger partial charge in [0.1, 0.15) is 12.7 Å². The summed E-state index contributed by atoms with van der Waals surface area (Å²) in [7, 11) is 0. The SMILES string of the molecule is O=C(NCCC(O)C(O)c1ccccc1CO)OCC1c2ccccc2-c2ccccc21. The molecule has 6 heteroatoms. The Kier molecular flexibility index (Phi) is 6.85. The highest BCUT2D eigenvalue weighted by molar-refractivity contribution is 5.79. The smallest absolute Gasteiger partial charge is 0.407 e. The van der Waals surface area contributed by atoms with Gasteiger partial charge in [0.25, 0.3) is 0 Å². The number of aliphatic hydroxyl groups excluding tert-OH is 3. The van der Waals surface area contributed by atoms with Gasteiger partial charge in [0, 0.05) is 12.5 Å². The molecule has 2 unspecified atom stereocenters. The number of hydrogen-bond donors (Lipinski definition) is 4. The number of fused-ring (bicyclic) bond motifs is 3. The van der Waals surface area contributed by atoms with Crippen molar-refractivity contribution in [2.45, 2.75) is 31.2 Å². The molecule has 0 bridgehead atoms. The van der Waals surface area contributed by atoms with Gasteiger partial charge >= 0.3 is 6.09 Å². The van der Waals surface area contributed by atoms with Gasteiger partial charge in [-0.2, -0.15) is 0 Å². The number of amides is 1. The van der Waals surface area contributed by atoms with Crippen molar-refractivity contribution in [2.75, 3.05) is 13.2 Å². The summed E-state index contributed by atoms with van der Waals surface area (Å²) < 4.78 is 5.48. The average molecular weight is 434 g/mol. The molecular weight excluding hydrogens is 406 g/mol. The van der Waals surface area contributed by atoms with Gasteiger partial charge in [-0.25, -0.2) is 4.79 Å². The van der Waals surface area contributed by atoms with Crippen LogP contribution in [0.2, 0.25) is 0 Å². The van der Waals surface area contributed by atoms with Crippen LogP contribution in [0.3, 0.4) is 0 Å². The lowest BCUT2D eigenvalue weighted by molar-refractivity contribution is 0.0126. The molecule has 0 radical (unpaired) electrons. The lowest BCUT2D eigenvalue weighted by atomic mass is 9.97. The predicted octanol–water partition coefficient (Wildman–Crippen LogP) is 3.50. The standard InChI is InChI=1S/C26H27NO5/c28-15-17-7-1-2-8-18(17)25(30)24(29)13-14-27-26(31)32-16-23-21-11-5-3-9-19(21)20-10-4-6-12-22(20)23/h1-12,23-25,28-30H,13-16H2,(H,27,31). The summed E-state index contributed by atoms with van der Waals surface area (Å²) in [6.45, 7) is 0.142. The molecule has 0 spiro atoms. The van der Waals surface area contributed by atoms with E-state index in [9.17, 15) is 20.1 Å². The minimum atomic E-state index is -1.15. The first-order valence-electron chi connectivity index (χ1n) is 10.7. The third kappa shape index (κ3) is 4.53. The van der Waals surface area contributed by atoms with Gasteiger partial charge in [-0.15, -0.1) is 0 Å². The second-order valence-corrected chi connectivity index (χ2v) is 7.91. The van der Waals surface area contributed by atoms with Crippen LogP contribution in [0.4, 0.5) is 4.79 Å². The molecule has 0 saturated heterocycles. The Hall–Kier alpha value is -3.19. The summed E-state index contributed by atoms with van der Waals surface area (Å²) in [4.78, 5) is 12.2. The van der Waals surface area contributed by atoms with Crippen LogP contribution >= 0.6 is 0 Å². The fourth-order valence-electron chi connectivity index (χ4n) is 4.30. The topological polar surface area (TPSA) is 99.0 Å². The Balaban J connectivity index is 1.29. The molecule has 0 aliphatic heterocycles. The average Bonchev–Trinajstić information content (AvgIpc) is 3.16. The van der Waals surface area contributed by atoms with E-state index in [-0.39, 0.29) is 32.1 Å². The molecule has 4 rings (SSSR count). The van der Waals surface area contributed by atoms with Gasteiger partial charge in [-0.3, -0.25) is 0 Å². The van der Waals surface area contributed by atoms with Crippen LogP contribution in [0.15, 0.2) is 72.8 Å². The molecule has 1 amide bonds. The van der Waals surface area contributed by atoms with Gasteiger partial charge < -0.3 is 25.4 Å². The zero-order valence-electron chi connectivity index (χ0n) is 17.6. The zero-order chi connectivity index (χ0) is 22.5. The van der Waals surface area contributed by atoms with Crippen molar-refractivity contribution < 1.29 is 24.9 Å². The minimum absolute atomic E-state index is 0.0180. The van der Waals surface area contributed by atoms with Crippen molar-refractivity contribution in [3.8, 4) is 11.1 Å². The predicted molar refractivity (Wildman–Crippen MR) is 121 cm³/mol. The molecule has 32 heavy (non-hydrogen) atoms. The number of benzene rings is 3. The molecule has 2 atom stereocenters. The third-order valence-corrected chi connectivity index (χ3v) is 5.96. The van der Waals surface area contributed by atoms with E-state index in [0.29, 0.717) is 11.1 Å². The van der Waals surface area contributed by atoms with Crippen LogP contribution < -0.4 is 5.32 Å². The second-order valence-electron chi connectivity index (χ2n) is 7.91. The van der Waals surface area contributed by atoms with Crippen molar-refractivity contribution in [2.24, 2.45) is 0 Å². The van der Waals surface area contributed by atoms with Crippen LogP contribution in [-0.2, 0) is 11.3 Å². The van der Waals surface area contributed by atoms with E-state index in [4.69, 9.17) is 4.74 Å². The maximum Gasteiger partial charge on any atom is 0.407 e. The van der Waals surface area contributed by atoms with E-state index in [1.54, 1.807) is 24.3 Å². The summed E-state index contributed by atoms with van der Waals surface area (Å²) in [6, 6.07) is 23.1. The monoisotopic (exact) mass is 433 g/mol. The Morgan fingerprint density at radius 1 is 0.906 bits per heavy atom. The fraction of sp³-hybridized carbons (Fsp3) is 0.269. The second kappa shape index (κ2) is 9.96. The number of nitrogens with one attached hydrogen (secondary N) is 1. The van der Waals surface area contributed by atoms with Gasteiger partial charge in [0.15, 0.2) is 0 Å². The molecule has 1 aliphatic rings.